The van der Waals surface area contributed by atoms with Gasteiger partial charge in [0.25, 0.3) is 0 Å². The molecule has 0 unspecified atom stereocenters. The molecule has 0 spiro atoms. The van der Waals surface area contributed by atoms with Crippen molar-refractivity contribution >= 4 is 17.4 Å². The molecular weight excluding hydrogens is 214 g/mol. The number of anilines is 1. The van der Waals surface area contributed by atoms with E-state index >= 15 is 0 Å². The van der Waals surface area contributed by atoms with Gasteiger partial charge in [-0.3, -0.25) is 4.98 Å². The van der Waals surface area contributed by atoms with Crippen LogP contribution in [-0.4, -0.2) is 35.3 Å². The maximum Gasteiger partial charge on any atom is 0.149 e. The molecule has 1 aliphatic rings. The molecule has 1 saturated heterocycles. The summed E-state index contributed by atoms with van der Waals surface area (Å²) in [6.07, 6.45) is 3.28. The van der Waals surface area contributed by atoms with E-state index < -0.39 is 0 Å². The maximum atomic E-state index is 5.83. The molecule has 1 aromatic heterocycles. The standard InChI is InChI=1S/C10H14ClN3O/c1-10(2)7-15-4-3-14(10)9-6-12-5-8(11)13-9/h5-6H,3-4,7H2,1-2H3. The van der Waals surface area contributed by atoms with Gasteiger partial charge in [0.15, 0.2) is 0 Å². The average Bonchev–Trinajstić information content (AvgIpc) is 2.17. The van der Waals surface area contributed by atoms with Crippen LogP contribution >= 0.6 is 11.6 Å². The van der Waals surface area contributed by atoms with Gasteiger partial charge in [-0.05, 0) is 13.8 Å². The van der Waals surface area contributed by atoms with Gasteiger partial charge in [-0.1, -0.05) is 11.6 Å². The van der Waals surface area contributed by atoms with Crippen LogP contribution in [0.25, 0.3) is 0 Å². The second-order valence-corrected chi connectivity index (χ2v) is 4.60. The van der Waals surface area contributed by atoms with Crippen LogP contribution in [0.2, 0.25) is 5.15 Å². The Morgan fingerprint density at radius 3 is 2.93 bits per heavy atom. The molecule has 5 heteroatoms. The molecule has 15 heavy (non-hydrogen) atoms. The van der Waals surface area contributed by atoms with Crippen LogP contribution in [0.3, 0.4) is 0 Å². The van der Waals surface area contributed by atoms with E-state index in [9.17, 15) is 0 Å². The Balaban J connectivity index is 2.29. The lowest BCUT2D eigenvalue weighted by atomic mass is 10.0. The molecule has 0 aromatic carbocycles. The van der Waals surface area contributed by atoms with E-state index in [-0.39, 0.29) is 5.54 Å². The summed E-state index contributed by atoms with van der Waals surface area (Å²) in [7, 11) is 0. The fourth-order valence-electron chi connectivity index (χ4n) is 1.75. The molecule has 4 nitrogen and oxygen atoms in total. The Morgan fingerprint density at radius 2 is 2.27 bits per heavy atom. The van der Waals surface area contributed by atoms with Gasteiger partial charge >= 0.3 is 0 Å². The van der Waals surface area contributed by atoms with Crippen molar-refractivity contribution in [2.24, 2.45) is 0 Å². The van der Waals surface area contributed by atoms with Crippen LogP contribution in [0.5, 0.6) is 0 Å². The number of ether oxygens (including phenoxy) is 1. The molecule has 1 aromatic rings. The lowest BCUT2D eigenvalue weighted by Gasteiger charge is -2.42. The van der Waals surface area contributed by atoms with Gasteiger partial charge in [0.1, 0.15) is 11.0 Å². The van der Waals surface area contributed by atoms with E-state index in [1.807, 2.05) is 0 Å². The van der Waals surface area contributed by atoms with Gasteiger partial charge < -0.3 is 9.64 Å². The molecular formula is C10H14ClN3O. The zero-order chi connectivity index (χ0) is 10.9. The minimum atomic E-state index is -0.0579. The first kappa shape index (κ1) is 10.6. The van der Waals surface area contributed by atoms with E-state index in [0.29, 0.717) is 11.8 Å². The molecule has 82 valence electrons. The molecule has 0 radical (unpaired) electrons. The number of hydrogen-bond acceptors (Lipinski definition) is 4. The third-order valence-electron chi connectivity index (χ3n) is 2.51. The number of morpholine rings is 1. The summed E-state index contributed by atoms with van der Waals surface area (Å²) in [6.45, 7) is 6.48. The largest absolute Gasteiger partial charge is 0.377 e. The third kappa shape index (κ3) is 2.21. The summed E-state index contributed by atoms with van der Waals surface area (Å²) >= 11 is 5.83. The molecule has 1 fully saturated rings. The maximum absolute atomic E-state index is 5.83. The Labute approximate surface area is 94.2 Å². The lowest BCUT2D eigenvalue weighted by molar-refractivity contribution is 0.0639. The predicted molar refractivity (Wildman–Crippen MR) is 59.3 cm³/mol. The molecule has 0 bridgehead atoms. The predicted octanol–water partition coefficient (Wildman–Crippen LogP) is 1.75. The summed E-state index contributed by atoms with van der Waals surface area (Å²) < 4.78 is 5.44. The summed E-state index contributed by atoms with van der Waals surface area (Å²) in [4.78, 5) is 10.5. The van der Waals surface area contributed by atoms with Crippen molar-refractivity contribution in [2.75, 3.05) is 24.7 Å². The quantitative estimate of drug-likeness (QED) is 0.733. The highest BCUT2D eigenvalue weighted by molar-refractivity contribution is 6.29. The van der Waals surface area contributed by atoms with E-state index in [2.05, 4.69) is 28.7 Å². The van der Waals surface area contributed by atoms with E-state index in [4.69, 9.17) is 16.3 Å². The molecule has 1 aliphatic heterocycles. The highest BCUT2D eigenvalue weighted by Gasteiger charge is 2.31. The molecule has 0 amide bonds. The Bertz CT molecular complexity index is 356. The second kappa shape index (κ2) is 3.94. The van der Waals surface area contributed by atoms with Crippen molar-refractivity contribution in [1.82, 2.24) is 9.97 Å². The second-order valence-electron chi connectivity index (χ2n) is 4.22. The third-order valence-corrected chi connectivity index (χ3v) is 2.70. The van der Waals surface area contributed by atoms with Crippen molar-refractivity contribution in [3.8, 4) is 0 Å². The van der Waals surface area contributed by atoms with Crippen molar-refractivity contribution in [2.45, 2.75) is 19.4 Å². The Morgan fingerprint density at radius 1 is 1.47 bits per heavy atom. The zero-order valence-electron chi connectivity index (χ0n) is 8.90. The van der Waals surface area contributed by atoms with Crippen molar-refractivity contribution in [3.63, 3.8) is 0 Å². The minimum absolute atomic E-state index is 0.0579. The highest BCUT2D eigenvalue weighted by atomic mass is 35.5. The monoisotopic (exact) mass is 227 g/mol. The molecule has 0 saturated carbocycles. The fourth-order valence-corrected chi connectivity index (χ4v) is 1.89. The number of halogens is 1. The first-order valence-electron chi connectivity index (χ1n) is 4.92. The van der Waals surface area contributed by atoms with Gasteiger partial charge in [0.2, 0.25) is 0 Å². The van der Waals surface area contributed by atoms with Gasteiger partial charge in [0, 0.05) is 6.54 Å². The van der Waals surface area contributed by atoms with Gasteiger partial charge in [-0.15, -0.1) is 0 Å². The number of hydrogen-bond donors (Lipinski definition) is 0. The Hall–Kier alpha value is -0.870. The van der Waals surface area contributed by atoms with Crippen molar-refractivity contribution < 1.29 is 4.74 Å². The molecule has 2 heterocycles. The smallest absolute Gasteiger partial charge is 0.149 e. The number of aromatic nitrogens is 2. The molecule has 2 rings (SSSR count). The zero-order valence-corrected chi connectivity index (χ0v) is 9.66. The molecule has 0 N–H and O–H groups in total. The first-order chi connectivity index (χ1) is 7.09. The number of rotatable bonds is 1. The minimum Gasteiger partial charge on any atom is -0.377 e. The van der Waals surface area contributed by atoms with Crippen molar-refractivity contribution in [1.29, 1.82) is 0 Å². The summed E-state index contributed by atoms with van der Waals surface area (Å²) in [6, 6.07) is 0. The lowest BCUT2D eigenvalue weighted by Crippen LogP contribution is -2.53. The fraction of sp³-hybridized carbons (Fsp3) is 0.600. The van der Waals surface area contributed by atoms with Gasteiger partial charge in [-0.25, -0.2) is 4.98 Å². The van der Waals surface area contributed by atoms with E-state index in [1.165, 1.54) is 0 Å². The summed E-state index contributed by atoms with van der Waals surface area (Å²) in [5.41, 5.74) is -0.0579. The topological polar surface area (TPSA) is 38.2 Å². The summed E-state index contributed by atoms with van der Waals surface area (Å²) in [5, 5.41) is 0.426. The van der Waals surface area contributed by atoms with Gasteiger partial charge in [0.05, 0.1) is 31.1 Å². The molecule has 0 atom stereocenters. The highest BCUT2D eigenvalue weighted by Crippen LogP contribution is 2.25. The Kier molecular flexibility index (Phi) is 2.80. The van der Waals surface area contributed by atoms with Crippen molar-refractivity contribution in [3.05, 3.63) is 17.5 Å². The SMILES string of the molecule is CC1(C)COCCN1c1cncc(Cl)n1. The normalized spacial score (nSPS) is 20.3. The van der Waals surface area contributed by atoms with Crippen LogP contribution in [0, 0.1) is 0 Å². The molecule has 0 aliphatic carbocycles. The van der Waals surface area contributed by atoms with E-state index in [1.54, 1.807) is 12.4 Å². The van der Waals surface area contributed by atoms with Gasteiger partial charge in [-0.2, -0.15) is 0 Å². The van der Waals surface area contributed by atoms with Crippen LogP contribution in [0.15, 0.2) is 12.4 Å². The first-order valence-corrected chi connectivity index (χ1v) is 5.30. The van der Waals surface area contributed by atoms with Crippen LogP contribution in [0.4, 0.5) is 5.82 Å². The number of nitrogens with zero attached hydrogens (tertiary/aromatic N) is 3. The van der Waals surface area contributed by atoms with Crippen LogP contribution < -0.4 is 4.90 Å². The van der Waals surface area contributed by atoms with Crippen LogP contribution in [-0.2, 0) is 4.74 Å². The summed E-state index contributed by atoms with van der Waals surface area (Å²) in [5.74, 6) is 0.816. The van der Waals surface area contributed by atoms with E-state index in [0.717, 1.165) is 19.0 Å². The van der Waals surface area contributed by atoms with Crippen LogP contribution in [0.1, 0.15) is 13.8 Å². The average molecular weight is 228 g/mol.